The molecular weight excluding hydrogens is 428 g/mol. The van der Waals surface area contributed by atoms with E-state index in [0.29, 0.717) is 12.5 Å². The Hall–Kier alpha value is -1.85. The molecule has 1 aliphatic carbocycles. The molecule has 0 unspecified atom stereocenters. The SMILES string of the molecule is COc1cccc2c1CC[C@H](N1CCCC1)[C@H]2N(C)C(=O)Cc1ccc(Br)cc1. The zero-order valence-electron chi connectivity index (χ0n) is 17.2. The first-order valence-electron chi connectivity index (χ1n) is 10.5. The predicted molar refractivity (Wildman–Crippen MR) is 119 cm³/mol. The summed E-state index contributed by atoms with van der Waals surface area (Å²) in [7, 11) is 3.71. The minimum Gasteiger partial charge on any atom is -0.496 e. The van der Waals surface area contributed by atoms with Crippen molar-refractivity contribution in [1.82, 2.24) is 9.80 Å². The van der Waals surface area contributed by atoms with Crippen molar-refractivity contribution in [3.63, 3.8) is 0 Å². The largest absolute Gasteiger partial charge is 0.496 e. The van der Waals surface area contributed by atoms with Crippen molar-refractivity contribution in [3.8, 4) is 5.75 Å². The molecule has 4 nitrogen and oxygen atoms in total. The third kappa shape index (κ3) is 4.22. The van der Waals surface area contributed by atoms with E-state index in [1.807, 2.05) is 42.3 Å². The Morgan fingerprint density at radius 2 is 1.90 bits per heavy atom. The van der Waals surface area contributed by atoms with E-state index in [0.717, 1.165) is 41.7 Å². The zero-order chi connectivity index (χ0) is 20.4. The number of fused-ring (bicyclic) bond motifs is 1. The van der Waals surface area contributed by atoms with Crippen LogP contribution >= 0.6 is 15.9 Å². The minimum atomic E-state index is 0.0647. The summed E-state index contributed by atoms with van der Waals surface area (Å²) in [6.07, 6.45) is 5.00. The number of likely N-dealkylation sites (N-methyl/N-ethyl adjacent to an activating group) is 1. The molecule has 0 bridgehead atoms. The summed E-state index contributed by atoms with van der Waals surface area (Å²) in [5.74, 6) is 1.11. The highest BCUT2D eigenvalue weighted by Crippen LogP contribution is 2.41. The van der Waals surface area contributed by atoms with Gasteiger partial charge in [-0.25, -0.2) is 0 Å². The molecule has 0 radical (unpaired) electrons. The number of nitrogens with zero attached hydrogens (tertiary/aromatic N) is 2. The third-order valence-electron chi connectivity index (χ3n) is 6.45. The molecule has 1 fully saturated rings. The van der Waals surface area contributed by atoms with Crippen LogP contribution in [0.4, 0.5) is 0 Å². The Morgan fingerprint density at radius 1 is 1.17 bits per heavy atom. The van der Waals surface area contributed by atoms with Gasteiger partial charge in [0, 0.05) is 17.6 Å². The van der Waals surface area contributed by atoms with Crippen LogP contribution in [0.25, 0.3) is 0 Å². The van der Waals surface area contributed by atoms with Crippen molar-refractivity contribution >= 4 is 21.8 Å². The predicted octanol–water partition coefficient (Wildman–Crippen LogP) is 4.61. The summed E-state index contributed by atoms with van der Waals surface area (Å²) in [5, 5.41) is 0. The highest BCUT2D eigenvalue weighted by molar-refractivity contribution is 9.10. The number of rotatable bonds is 5. The van der Waals surface area contributed by atoms with Gasteiger partial charge >= 0.3 is 0 Å². The van der Waals surface area contributed by atoms with Crippen LogP contribution in [0, 0.1) is 0 Å². The van der Waals surface area contributed by atoms with Gasteiger partial charge in [0.1, 0.15) is 5.75 Å². The molecule has 1 amide bonds. The molecule has 2 aromatic carbocycles. The second kappa shape index (κ2) is 8.88. The smallest absolute Gasteiger partial charge is 0.227 e. The highest BCUT2D eigenvalue weighted by atomic mass is 79.9. The van der Waals surface area contributed by atoms with Gasteiger partial charge in [0.25, 0.3) is 0 Å². The Bertz CT molecular complexity index is 862. The summed E-state index contributed by atoms with van der Waals surface area (Å²) in [6, 6.07) is 14.8. The molecule has 0 saturated carbocycles. The molecule has 2 atom stereocenters. The van der Waals surface area contributed by atoms with E-state index in [1.165, 1.54) is 24.0 Å². The summed E-state index contributed by atoms with van der Waals surface area (Å²) in [4.78, 5) is 17.9. The van der Waals surface area contributed by atoms with Gasteiger partial charge in [0.05, 0.1) is 19.6 Å². The van der Waals surface area contributed by atoms with Crippen LogP contribution in [0.15, 0.2) is 46.9 Å². The van der Waals surface area contributed by atoms with Gasteiger partial charge in [-0.2, -0.15) is 0 Å². The van der Waals surface area contributed by atoms with Crippen LogP contribution < -0.4 is 4.74 Å². The number of carbonyl (C=O) groups excluding carboxylic acids is 1. The number of methoxy groups -OCH3 is 1. The van der Waals surface area contributed by atoms with E-state index in [9.17, 15) is 4.79 Å². The minimum absolute atomic E-state index is 0.0647. The van der Waals surface area contributed by atoms with E-state index >= 15 is 0 Å². The van der Waals surface area contributed by atoms with E-state index in [-0.39, 0.29) is 11.9 Å². The molecule has 1 aliphatic heterocycles. The molecule has 5 heteroatoms. The molecule has 4 rings (SSSR count). The van der Waals surface area contributed by atoms with Gasteiger partial charge in [-0.15, -0.1) is 0 Å². The number of halogens is 1. The average Bonchev–Trinajstić information content (AvgIpc) is 3.28. The molecule has 1 saturated heterocycles. The van der Waals surface area contributed by atoms with Crippen LogP contribution in [-0.2, 0) is 17.6 Å². The molecule has 29 heavy (non-hydrogen) atoms. The second-order valence-electron chi connectivity index (χ2n) is 8.13. The maximum atomic E-state index is 13.3. The number of carbonyl (C=O) groups is 1. The van der Waals surface area contributed by atoms with E-state index in [1.54, 1.807) is 7.11 Å². The standard InChI is InChI=1S/C24H29BrN2O2/c1-26(23(28)16-17-8-10-18(25)11-9-17)24-20-6-5-7-22(29-2)19(20)12-13-21(24)27-14-3-4-15-27/h5-11,21,24H,3-4,12-16H2,1-2H3/t21-,24-/m0/s1. The molecule has 154 valence electrons. The van der Waals surface area contributed by atoms with Crippen molar-refractivity contribution in [2.75, 3.05) is 27.2 Å². The molecule has 0 N–H and O–H groups in total. The van der Waals surface area contributed by atoms with Crippen LogP contribution in [0.3, 0.4) is 0 Å². The van der Waals surface area contributed by atoms with Gasteiger partial charge in [-0.1, -0.05) is 40.2 Å². The van der Waals surface area contributed by atoms with E-state index in [2.05, 4.69) is 33.0 Å². The molecule has 0 spiro atoms. The van der Waals surface area contributed by atoms with E-state index in [4.69, 9.17) is 4.74 Å². The maximum Gasteiger partial charge on any atom is 0.227 e. The first-order valence-corrected chi connectivity index (χ1v) is 11.3. The zero-order valence-corrected chi connectivity index (χ0v) is 18.8. The molecule has 1 heterocycles. The topological polar surface area (TPSA) is 32.8 Å². The molecule has 2 aromatic rings. The number of amides is 1. The lowest BCUT2D eigenvalue weighted by Crippen LogP contribution is -2.48. The molecular formula is C24H29BrN2O2. The van der Waals surface area contributed by atoms with Crippen molar-refractivity contribution < 1.29 is 9.53 Å². The van der Waals surface area contributed by atoms with Crippen LogP contribution in [-0.4, -0.2) is 49.0 Å². The Morgan fingerprint density at radius 3 is 2.59 bits per heavy atom. The Labute approximate surface area is 182 Å². The quantitative estimate of drug-likeness (QED) is 0.658. The van der Waals surface area contributed by atoms with Crippen molar-refractivity contribution in [2.45, 2.75) is 44.2 Å². The lowest BCUT2D eigenvalue weighted by Gasteiger charge is -2.44. The number of hydrogen-bond donors (Lipinski definition) is 0. The van der Waals surface area contributed by atoms with E-state index < -0.39 is 0 Å². The molecule has 2 aliphatic rings. The summed E-state index contributed by atoms with van der Waals surface area (Å²) in [5.41, 5.74) is 3.56. The van der Waals surface area contributed by atoms with Crippen molar-refractivity contribution in [1.29, 1.82) is 0 Å². The summed E-state index contributed by atoms with van der Waals surface area (Å²) >= 11 is 3.47. The normalized spacial score (nSPS) is 21.6. The third-order valence-corrected chi connectivity index (χ3v) is 6.98. The van der Waals surface area contributed by atoms with Gasteiger partial charge in [0.15, 0.2) is 0 Å². The van der Waals surface area contributed by atoms with Crippen LogP contribution in [0.2, 0.25) is 0 Å². The fraction of sp³-hybridized carbons (Fsp3) is 0.458. The van der Waals surface area contributed by atoms with Crippen molar-refractivity contribution in [2.24, 2.45) is 0 Å². The number of benzene rings is 2. The lowest BCUT2D eigenvalue weighted by molar-refractivity contribution is -0.133. The summed E-state index contributed by atoms with van der Waals surface area (Å²) in [6.45, 7) is 2.27. The number of likely N-dealkylation sites (tertiary alicyclic amines) is 1. The Kier molecular flexibility index (Phi) is 6.26. The first-order chi connectivity index (χ1) is 14.1. The van der Waals surface area contributed by atoms with Crippen molar-refractivity contribution in [3.05, 3.63) is 63.6 Å². The fourth-order valence-corrected chi connectivity index (χ4v) is 5.22. The Balaban J connectivity index is 1.64. The lowest BCUT2D eigenvalue weighted by atomic mass is 9.81. The average molecular weight is 457 g/mol. The summed E-state index contributed by atoms with van der Waals surface area (Å²) < 4.78 is 6.68. The highest BCUT2D eigenvalue weighted by Gasteiger charge is 2.39. The molecule has 0 aromatic heterocycles. The number of ether oxygens (including phenoxy) is 1. The maximum absolute atomic E-state index is 13.3. The van der Waals surface area contributed by atoms with Crippen LogP contribution in [0.5, 0.6) is 5.75 Å². The van der Waals surface area contributed by atoms with Gasteiger partial charge in [-0.05, 0) is 73.7 Å². The van der Waals surface area contributed by atoms with Crippen LogP contribution in [0.1, 0.15) is 42.0 Å². The number of hydrogen-bond acceptors (Lipinski definition) is 3. The second-order valence-corrected chi connectivity index (χ2v) is 9.05. The van der Waals surface area contributed by atoms with Gasteiger partial charge in [0.2, 0.25) is 5.91 Å². The van der Waals surface area contributed by atoms with Gasteiger partial charge in [-0.3, -0.25) is 9.69 Å². The van der Waals surface area contributed by atoms with Gasteiger partial charge < -0.3 is 9.64 Å². The first kappa shape index (κ1) is 20.4. The fourth-order valence-electron chi connectivity index (χ4n) is 4.95. The monoisotopic (exact) mass is 456 g/mol.